The number of para-hydroxylation sites is 2. The Kier molecular flexibility index (Phi) is 7.67. The molecule has 1 aromatic heterocycles. The predicted molar refractivity (Wildman–Crippen MR) is 121 cm³/mol. The highest BCUT2D eigenvalue weighted by Gasteiger charge is 2.13. The minimum atomic E-state index is 1.01. The molecule has 0 fully saturated rings. The topological polar surface area (TPSA) is 21.1 Å². The van der Waals surface area contributed by atoms with Crippen molar-refractivity contribution in [2.45, 2.75) is 59.4 Å². The molecule has 0 unspecified atom stereocenters. The van der Waals surface area contributed by atoms with Gasteiger partial charge in [0, 0.05) is 12.1 Å². The van der Waals surface area contributed by atoms with Gasteiger partial charge in [0.2, 0.25) is 0 Å². The lowest BCUT2D eigenvalue weighted by atomic mass is 10.1. The Hall–Kier alpha value is -2.13. The third-order valence-corrected chi connectivity index (χ3v) is 5.44. The zero-order valence-electron chi connectivity index (χ0n) is 17.8. The van der Waals surface area contributed by atoms with Gasteiger partial charge in [0.1, 0.15) is 5.82 Å². The summed E-state index contributed by atoms with van der Waals surface area (Å²) in [7, 11) is 0. The van der Waals surface area contributed by atoms with Gasteiger partial charge in [-0.2, -0.15) is 0 Å². The molecule has 0 bridgehead atoms. The monoisotopic (exact) mass is 377 g/mol. The summed E-state index contributed by atoms with van der Waals surface area (Å²) in [6.45, 7) is 11.3. The maximum atomic E-state index is 4.97. The van der Waals surface area contributed by atoms with Crippen molar-refractivity contribution in [1.82, 2.24) is 14.5 Å². The Labute approximate surface area is 170 Å². The molecule has 0 N–H and O–H groups in total. The van der Waals surface area contributed by atoms with Gasteiger partial charge in [-0.3, -0.25) is 0 Å². The third-order valence-electron chi connectivity index (χ3n) is 5.44. The maximum Gasteiger partial charge on any atom is 0.141 e. The summed E-state index contributed by atoms with van der Waals surface area (Å²) in [4.78, 5) is 7.62. The molecule has 1 heterocycles. The van der Waals surface area contributed by atoms with E-state index in [0.717, 1.165) is 24.3 Å². The summed E-state index contributed by atoms with van der Waals surface area (Å²) in [5, 5.41) is 0. The molecule has 0 spiro atoms. The van der Waals surface area contributed by atoms with E-state index in [2.05, 4.69) is 78.8 Å². The van der Waals surface area contributed by atoms with E-state index in [4.69, 9.17) is 4.98 Å². The minimum Gasteiger partial charge on any atom is -0.324 e. The molecule has 0 aliphatic heterocycles. The number of hydrogen-bond donors (Lipinski definition) is 0. The average molecular weight is 378 g/mol. The van der Waals surface area contributed by atoms with E-state index in [1.165, 1.54) is 62.0 Å². The number of hydrogen-bond acceptors (Lipinski definition) is 2. The largest absolute Gasteiger partial charge is 0.324 e. The van der Waals surface area contributed by atoms with Gasteiger partial charge in [0.25, 0.3) is 0 Å². The highest BCUT2D eigenvalue weighted by atomic mass is 15.1. The summed E-state index contributed by atoms with van der Waals surface area (Å²) in [6.07, 6.45) is 6.30. The zero-order chi connectivity index (χ0) is 19.8. The Bertz CT molecular complexity index is 857. The average Bonchev–Trinajstić information content (AvgIpc) is 3.08. The van der Waals surface area contributed by atoms with Gasteiger partial charge in [-0.25, -0.2) is 4.98 Å². The molecule has 0 aliphatic carbocycles. The zero-order valence-corrected chi connectivity index (χ0v) is 17.8. The number of unbranched alkanes of at least 4 members (excludes halogenated alkanes) is 2. The van der Waals surface area contributed by atoms with Crippen molar-refractivity contribution in [3.05, 3.63) is 54.1 Å². The van der Waals surface area contributed by atoms with Crippen LogP contribution < -0.4 is 0 Å². The second-order valence-corrected chi connectivity index (χ2v) is 7.85. The lowest BCUT2D eigenvalue weighted by Gasteiger charge is -2.22. The summed E-state index contributed by atoms with van der Waals surface area (Å²) >= 11 is 0. The lowest BCUT2D eigenvalue weighted by Crippen LogP contribution is -2.28. The number of fused-ring (bicyclic) bond motifs is 1. The second kappa shape index (κ2) is 10.4. The first-order chi connectivity index (χ1) is 13.7. The SMILES string of the molecule is CCCCN(CCCC)CCCn1c(-c2cccc(C)c2)nc2ccccc21. The smallest absolute Gasteiger partial charge is 0.141 e. The van der Waals surface area contributed by atoms with Gasteiger partial charge >= 0.3 is 0 Å². The van der Waals surface area contributed by atoms with E-state index < -0.39 is 0 Å². The number of aryl methyl sites for hydroxylation is 2. The molecule has 0 radical (unpaired) electrons. The number of benzene rings is 2. The molecule has 3 rings (SSSR count). The molecule has 0 atom stereocenters. The van der Waals surface area contributed by atoms with Gasteiger partial charge < -0.3 is 9.47 Å². The minimum absolute atomic E-state index is 1.01. The third kappa shape index (κ3) is 5.23. The van der Waals surface area contributed by atoms with Crippen molar-refractivity contribution in [1.29, 1.82) is 0 Å². The Balaban J connectivity index is 1.78. The first kappa shape index (κ1) is 20.6. The first-order valence-electron chi connectivity index (χ1n) is 11.0. The van der Waals surface area contributed by atoms with Gasteiger partial charge in [-0.15, -0.1) is 0 Å². The van der Waals surface area contributed by atoms with E-state index in [9.17, 15) is 0 Å². The van der Waals surface area contributed by atoms with E-state index in [-0.39, 0.29) is 0 Å². The Morgan fingerprint density at radius 3 is 2.29 bits per heavy atom. The molecule has 0 saturated heterocycles. The predicted octanol–water partition coefficient (Wildman–Crippen LogP) is 6.30. The van der Waals surface area contributed by atoms with Crippen LogP contribution in [-0.2, 0) is 6.54 Å². The highest BCUT2D eigenvalue weighted by Crippen LogP contribution is 2.25. The van der Waals surface area contributed by atoms with Gasteiger partial charge in [-0.05, 0) is 64.0 Å². The fourth-order valence-corrected chi connectivity index (χ4v) is 3.86. The van der Waals surface area contributed by atoms with E-state index >= 15 is 0 Å². The van der Waals surface area contributed by atoms with Crippen molar-refractivity contribution in [3.63, 3.8) is 0 Å². The number of rotatable bonds is 11. The molecule has 3 nitrogen and oxygen atoms in total. The van der Waals surface area contributed by atoms with Crippen LogP contribution in [0.3, 0.4) is 0 Å². The van der Waals surface area contributed by atoms with Crippen LogP contribution in [0.2, 0.25) is 0 Å². The summed E-state index contributed by atoms with van der Waals surface area (Å²) in [5.74, 6) is 1.10. The molecular formula is C25H35N3. The molecule has 0 amide bonds. The van der Waals surface area contributed by atoms with Crippen molar-refractivity contribution in [2.24, 2.45) is 0 Å². The van der Waals surface area contributed by atoms with Crippen molar-refractivity contribution in [2.75, 3.05) is 19.6 Å². The van der Waals surface area contributed by atoms with Crippen LogP contribution in [0.5, 0.6) is 0 Å². The fourth-order valence-electron chi connectivity index (χ4n) is 3.86. The molecule has 28 heavy (non-hydrogen) atoms. The summed E-state index contributed by atoms with van der Waals surface area (Å²) < 4.78 is 2.42. The quantitative estimate of drug-likeness (QED) is 0.391. The van der Waals surface area contributed by atoms with Crippen LogP contribution in [0.1, 0.15) is 51.5 Å². The van der Waals surface area contributed by atoms with E-state index in [1.807, 2.05) is 0 Å². The second-order valence-electron chi connectivity index (χ2n) is 7.85. The van der Waals surface area contributed by atoms with Crippen molar-refractivity contribution < 1.29 is 0 Å². The summed E-state index contributed by atoms with van der Waals surface area (Å²) in [6, 6.07) is 17.2. The molecule has 2 aromatic carbocycles. The number of imidazole rings is 1. The highest BCUT2D eigenvalue weighted by molar-refractivity contribution is 5.80. The fraction of sp³-hybridized carbons (Fsp3) is 0.480. The normalized spacial score (nSPS) is 11.6. The lowest BCUT2D eigenvalue weighted by molar-refractivity contribution is 0.258. The Morgan fingerprint density at radius 2 is 1.57 bits per heavy atom. The van der Waals surface area contributed by atoms with Gasteiger partial charge in [0.15, 0.2) is 0 Å². The van der Waals surface area contributed by atoms with Crippen LogP contribution in [0.25, 0.3) is 22.4 Å². The van der Waals surface area contributed by atoms with Gasteiger partial charge in [-0.1, -0.05) is 62.6 Å². The number of nitrogens with zero attached hydrogens (tertiary/aromatic N) is 3. The number of aromatic nitrogens is 2. The maximum absolute atomic E-state index is 4.97. The molecular weight excluding hydrogens is 342 g/mol. The van der Waals surface area contributed by atoms with Crippen LogP contribution >= 0.6 is 0 Å². The van der Waals surface area contributed by atoms with Crippen LogP contribution in [0.15, 0.2) is 48.5 Å². The Morgan fingerprint density at radius 1 is 0.857 bits per heavy atom. The van der Waals surface area contributed by atoms with Crippen LogP contribution in [-0.4, -0.2) is 34.1 Å². The summed E-state index contributed by atoms with van der Waals surface area (Å²) in [5.41, 5.74) is 4.83. The van der Waals surface area contributed by atoms with Crippen molar-refractivity contribution >= 4 is 11.0 Å². The molecule has 150 valence electrons. The van der Waals surface area contributed by atoms with Gasteiger partial charge in [0.05, 0.1) is 11.0 Å². The molecule has 3 heteroatoms. The van der Waals surface area contributed by atoms with E-state index in [1.54, 1.807) is 0 Å². The van der Waals surface area contributed by atoms with Crippen LogP contribution in [0, 0.1) is 6.92 Å². The molecule has 0 aliphatic rings. The van der Waals surface area contributed by atoms with Crippen molar-refractivity contribution in [3.8, 4) is 11.4 Å². The molecule has 0 saturated carbocycles. The van der Waals surface area contributed by atoms with E-state index in [0.29, 0.717) is 0 Å². The first-order valence-corrected chi connectivity index (χ1v) is 11.0. The van der Waals surface area contributed by atoms with Crippen LogP contribution in [0.4, 0.5) is 0 Å². The molecule has 3 aromatic rings. The standard InChI is InChI=1S/C25H35N3/c1-4-6-16-27(17-7-5-2)18-11-19-28-24-15-9-8-14-23(24)26-25(28)22-13-10-12-21(3)20-22/h8-10,12-15,20H,4-7,11,16-19H2,1-3H3.